The van der Waals surface area contributed by atoms with Gasteiger partial charge in [0.15, 0.2) is 0 Å². The molecule has 1 spiro atoms. The lowest BCUT2D eigenvalue weighted by Gasteiger charge is -2.28. The van der Waals surface area contributed by atoms with Crippen LogP contribution in [0.15, 0.2) is 66.7 Å². The third-order valence-corrected chi connectivity index (χ3v) is 7.70. The van der Waals surface area contributed by atoms with Crippen LogP contribution in [-0.4, -0.2) is 43.2 Å². The number of Topliss-reactive ketones (excluding diaryl/α,β-unsaturated/α-hetero) is 2. The molecule has 1 aliphatic carbocycles. The van der Waals surface area contributed by atoms with E-state index in [4.69, 9.17) is 25.8 Å². The zero-order chi connectivity index (χ0) is 26.1. The standard InChI is InChI=1S/C28H20ClNO7/c1-35-14-11-12-19(20(13-14)36-2)30-26(33)21-22(27(30)34)28(37-23(21)17-9-5-6-10-18(17)29)24(31)15-7-3-4-8-16(15)25(28)32/h3-13,21-23H,1-2H3/t21-,22-,23-/m0/s1. The molecule has 0 aromatic heterocycles. The highest BCUT2D eigenvalue weighted by molar-refractivity contribution is 6.37. The van der Waals surface area contributed by atoms with Gasteiger partial charge < -0.3 is 14.2 Å². The van der Waals surface area contributed by atoms with Crippen molar-refractivity contribution in [3.8, 4) is 11.5 Å². The molecular formula is C28H20ClNO7. The van der Waals surface area contributed by atoms with Gasteiger partial charge in [-0.25, -0.2) is 4.90 Å². The number of fused-ring (bicyclic) bond motifs is 3. The molecule has 0 radical (unpaired) electrons. The van der Waals surface area contributed by atoms with Crippen LogP contribution in [0.5, 0.6) is 11.5 Å². The smallest absolute Gasteiger partial charge is 0.241 e. The van der Waals surface area contributed by atoms with E-state index in [0.717, 1.165) is 4.90 Å². The van der Waals surface area contributed by atoms with Crippen molar-refractivity contribution in [1.29, 1.82) is 0 Å². The van der Waals surface area contributed by atoms with E-state index in [-0.39, 0.29) is 22.6 Å². The molecule has 0 bridgehead atoms. The fraction of sp³-hybridized carbons (Fsp3) is 0.214. The van der Waals surface area contributed by atoms with E-state index in [1.165, 1.54) is 32.4 Å². The molecule has 3 aliphatic rings. The van der Waals surface area contributed by atoms with Crippen LogP contribution in [0.1, 0.15) is 32.4 Å². The fourth-order valence-electron chi connectivity index (χ4n) is 5.71. The number of amides is 2. The number of imide groups is 1. The molecule has 3 aromatic carbocycles. The van der Waals surface area contributed by atoms with Gasteiger partial charge in [0.05, 0.1) is 37.8 Å². The molecule has 6 rings (SSSR count). The van der Waals surface area contributed by atoms with Crippen LogP contribution in [0.4, 0.5) is 5.69 Å². The number of anilines is 1. The molecular weight excluding hydrogens is 498 g/mol. The quantitative estimate of drug-likeness (QED) is 0.380. The Balaban J connectivity index is 1.56. The Bertz CT molecular complexity index is 1480. The Morgan fingerprint density at radius 3 is 2.11 bits per heavy atom. The Labute approximate surface area is 216 Å². The van der Waals surface area contributed by atoms with Gasteiger partial charge in [-0.1, -0.05) is 54.1 Å². The second-order valence-electron chi connectivity index (χ2n) is 9.05. The van der Waals surface area contributed by atoms with Gasteiger partial charge in [-0.15, -0.1) is 0 Å². The van der Waals surface area contributed by atoms with Crippen LogP contribution in [0.25, 0.3) is 0 Å². The Morgan fingerprint density at radius 2 is 1.49 bits per heavy atom. The molecule has 9 heteroatoms. The van der Waals surface area contributed by atoms with Crippen molar-refractivity contribution in [2.45, 2.75) is 11.7 Å². The summed E-state index contributed by atoms with van der Waals surface area (Å²) in [5.41, 5.74) is -1.27. The van der Waals surface area contributed by atoms with E-state index in [2.05, 4.69) is 0 Å². The monoisotopic (exact) mass is 517 g/mol. The molecule has 0 unspecified atom stereocenters. The molecule has 186 valence electrons. The number of hydrogen-bond acceptors (Lipinski definition) is 7. The van der Waals surface area contributed by atoms with E-state index in [9.17, 15) is 19.2 Å². The first-order valence-corrected chi connectivity index (χ1v) is 11.9. The molecule has 2 saturated heterocycles. The third kappa shape index (κ3) is 3.00. The SMILES string of the molecule is COc1ccc(N2C(=O)[C@H]3[C@@H](C2=O)C2(O[C@H]3c3ccccc3Cl)C(=O)c3ccccc3C2=O)c(OC)c1. The number of halogens is 1. The summed E-state index contributed by atoms with van der Waals surface area (Å²) in [7, 11) is 2.89. The van der Waals surface area contributed by atoms with Gasteiger partial charge >= 0.3 is 0 Å². The summed E-state index contributed by atoms with van der Waals surface area (Å²) in [6.45, 7) is 0. The summed E-state index contributed by atoms with van der Waals surface area (Å²) in [6, 6.07) is 17.7. The van der Waals surface area contributed by atoms with Crippen molar-refractivity contribution in [3.63, 3.8) is 0 Å². The minimum absolute atomic E-state index is 0.159. The maximum Gasteiger partial charge on any atom is 0.241 e. The Morgan fingerprint density at radius 1 is 0.838 bits per heavy atom. The predicted molar refractivity (Wildman–Crippen MR) is 132 cm³/mol. The van der Waals surface area contributed by atoms with Crippen molar-refractivity contribution >= 4 is 40.7 Å². The van der Waals surface area contributed by atoms with Crippen molar-refractivity contribution in [2.24, 2.45) is 11.8 Å². The Hall–Kier alpha value is -4.01. The predicted octanol–water partition coefficient (Wildman–Crippen LogP) is 4.05. The first kappa shape index (κ1) is 23.4. The zero-order valence-corrected chi connectivity index (χ0v) is 20.5. The number of carbonyl (C=O) groups excluding carboxylic acids is 4. The third-order valence-electron chi connectivity index (χ3n) is 7.36. The first-order chi connectivity index (χ1) is 17.8. The van der Waals surface area contributed by atoms with Gasteiger partial charge in [0.1, 0.15) is 11.5 Å². The van der Waals surface area contributed by atoms with Crippen LogP contribution in [-0.2, 0) is 14.3 Å². The minimum atomic E-state index is -2.18. The van der Waals surface area contributed by atoms with Crippen LogP contribution >= 0.6 is 11.6 Å². The molecule has 0 saturated carbocycles. The lowest BCUT2D eigenvalue weighted by atomic mass is 9.77. The highest BCUT2D eigenvalue weighted by Crippen LogP contribution is 2.58. The van der Waals surface area contributed by atoms with Gasteiger partial charge in [0.25, 0.3) is 0 Å². The second-order valence-corrected chi connectivity index (χ2v) is 9.46. The molecule has 37 heavy (non-hydrogen) atoms. The summed E-state index contributed by atoms with van der Waals surface area (Å²) >= 11 is 6.48. The highest BCUT2D eigenvalue weighted by Gasteiger charge is 2.75. The molecule has 2 aliphatic heterocycles. The van der Waals surface area contributed by atoms with Crippen LogP contribution < -0.4 is 14.4 Å². The number of rotatable bonds is 4. The van der Waals surface area contributed by atoms with E-state index < -0.39 is 46.9 Å². The zero-order valence-electron chi connectivity index (χ0n) is 19.8. The number of ketones is 2. The van der Waals surface area contributed by atoms with Gasteiger partial charge in [0, 0.05) is 27.8 Å². The first-order valence-electron chi connectivity index (χ1n) is 11.6. The van der Waals surface area contributed by atoms with Gasteiger partial charge in [-0.3, -0.25) is 19.2 Å². The van der Waals surface area contributed by atoms with Crippen LogP contribution in [0.2, 0.25) is 5.02 Å². The summed E-state index contributed by atoms with van der Waals surface area (Å²) in [5.74, 6) is -4.48. The molecule has 2 heterocycles. The van der Waals surface area contributed by atoms with E-state index in [0.29, 0.717) is 16.3 Å². The fourth-order valence-corrected chi connectivity index (χ4v) is 5.96. The van der Waals surface area contributed by atoms with Crippen molar-refractivity contribution in [2.75, 3.05) is 19.1 Å². The molecule has 8 nitrogen and oxygen atoms in total. The maximum absolute atomic E-state index is 14.1. The molecule has 2 fully saturated rings. The number of benzene rings is 3. The highest BCUT2D eigenvalue weighted by atomic mass is 35.5. The average Bonchev–Trinajstić information content (AvgIpc) is 3.48. The van der Waals surface area contributed by atoms with E-state index >= 15 is 0 Å². The molecule has 3 atom stereocenters. The number of carbonyl (C=O) groups is 4. The largest absolute Gasteiger partial charge is 0.497 e. The second kappa shape index (κ2) is 8.26. The van der Waals surface area contributed by atoms with Gasteiger partial charge in [-0.05, 0) is 18.2 Å². The van der Waals surface area contributed by atoms with Crippen LogP contribution in [0.3, 0.4) is 0 Å². The summed E-state index contributed by atoms with van der Waals surface area (Å²) < 4.78 is 17.0. The number of hydrogen-bond donors (Lipinski definition) is 0. The van der Waals surface area contributed by atoms with E-state index in [1.54, 1.807) is 48.5 Å². The van der Waals surface area contributed by atoms with Gasteiger partial charge in [0.2, 0.25) is 29.0 Å². The maximum atomic E-state index is 14.1. The Kier molecular flexibility index (Phi) is 5.22. The number of nitrogens with zero attached hydrogens (tertiary/aromatic N) is 1. The topological polar surface area (TPSA) is 99.2 Å². The number of ether oxygens (including phenoxy) is 3. The summed E-state index contributed by atoms with van der Waals surface area (Å²) in [4.78, 5) is 56.7. The van der Waals surface area contributed by atoms with Gasteiger partial charge in [-0.2, -0.15) is 0 Å². The molecule has 0 N–H and O–H groups in total. The molecule has 2 amide bonds. The normalized spacial score (nSPS) is 23.5. The lowest BCUT2D eigenvalue weighted by Crippen LogP contribution is -2.51. The molecule has 3 aromatic rings. The minimum Gasteiger partial charge on any atom is -0.497 e. The average molecular weight is 518 g/mol. The summed E-state index contributed by atoms with van der Waals surface area (Å²) in [6.07, 6.45) is -1.10. The van der Waals surface area contributed by atoms with E-state index in [1.807, 2.05) is 0 Å². The van der Waals surface area contributed by atoms with Crippen molar-refractivity contribution < 1.29 is 33.4 Å². The summed E-state index contributed by atoms with van der Waals surface area (Å²) in [5, 5.41) is 0.291. The van der Waals surface area contributed by atoms with Crippen molar-refractivity contribution in [1.82, 2.24) is 0 Å². The van der Waals surface area contributed by atoms with Crippen LogP contribution in [0, 0.1) is 11.8 Å². The lowest BCUT2D eigenvalue weighted by molar-refractivity contribution is -0.127. The van der Waals surface area contributed by atoms with Crippen molar-refractivity contribution in [3.05, 3.63) is 88.4 Å². The number of methoxy groups -OCH3 is 2.